The molecule has 0 amide bonds. The van der Waals surface area contributed by atoms with Crippen LogP contribution in [0.4, 0.5) is 0 Å². The van der Waals surface area contributed by atoms with Crippen LogP contribution in [-0.4, -0.2) is 12.1 Å². The van der Waals surface area contributed by atoms with Gasteiger partial charge in [-0.05, 0) is 50.3 Å². The van der Waals surface area contributed by atoms with Crippen LogP contribution in [0, 0.1) is 0 Å². The Morgan fingerprint density at radius 3 is 1.52 bits per heavy atom. The lowest BCUT2D eigenvalue weighted by Gasteiger charge is -2.02. The van der Waals surface area contributed by atoms with E-state index in [0.717, 1.165) is 12.8 Å². The highest BCUT2D eigenvalue weighted by Gasteiger charge is 1.93. The van der Waals surface area contributed by atoms with Crippen molar-refractivity contribution in [1.29, 1.82) is 0 Å². The normalized spacial score (nSPS) is 11.9. The molecule has 27 heavy (non-hydrogen) atoms. The quantitative estimate of drug-likeness (QED) is 0.0947. The SMILES string of the molecule is CCCCC=CCCCCCCCCCCCCCC=CC(=O)C=CC=O. The fourth-order valence-electron chi connectivity index (χ4n) is 3.06. The molecule has 0 unspecified atom stereocenters. The minimum Gasteiger partial charge on any atom is -0.299 e. The number of hydrogen-bond acceptors (Lipinski definition) is 2. The van der Waals surface area contributed by atoms with Crippen molar-refractivity contribution in [2.45, 2.75) is 110 Å². The van der Waals surface area contributed by atoms with Gasteiger partial charge in [-0.2, -0.15) is 0 Å². The van der Waals surface area contributed by atoms with Gasteiger partial charge in [-0.3, -0.25) is 9.59 Å². The Hall–Kier alpha value is -1.44. The lowest BCUT2D eigenvalue weighted by Crippen LogP contribution is -1.85. The van der Waals surface area contributed by atoms with Gasteiger partial charge in [0, 0.05) is 0 Å². The van der Waals surface area contributed by atoms with E-state index in [-0.39, 0.29) is 5.78 Å². The summed E-state index contributed by atoms with van der Waals surface area (Å²) in [5.41, 5.74) is 0. The van der Waals surface area contributed by atoms with Gasteiger partial charge in [0.25, 0.3) is 0 Å². The van der Waals surface area contributed by atoms with E-state index < -0.39 is 0 Å². The fourth-order valence-corrected chi connectivity index (χ4v) is 3.06. The van der Waals surface area contributed by atoms with Crippen LogP contribution in [-0.2, 0) is 9.59 Å². The minimum atomic E-state index is -0.106. The molecule has 0 aromatic heterocycles. The molecule has 0 N–H and O–H groups in total. The third-order valence-electron chi connectivity index (χ3n) is 4.75. The average molecular weight is 375 g/mol. The summed E-state index contributed by atoms with van der Waals surface area (Å²) >= 11 is 0. The highest BCUT2D eigenvalue weighted by Crippen LogP contribution is 2.13. The van der Waals surface area contributed by atoms with E-state index in [1.54, 1.807) is 6.08 Å². The van der Waals surface area contributed by atoms with Gasteiger partial charge in [0.1, 0.15) is 6.29 Å². The van der Waals surface area contributed by atoms with E-state index >= 15 is 0 Å². The number of rotatable bonds is 20. The van der Waals surface area contributed by atoms with Crippen molar-refractivity contribution in [2.24, 2.45) is 0 Å². The van der Waals surface area contributed by atoms with Crippen LogP contribution in [0.15, 0.2) is 36.5 Å². The molecule has 0 saturated heterocycles. The highest BCUT2D eigenvalue weighted by molar-refractivity contribution is 6.00. The number of unbranched alkanes of at least 4 members (excludes halogenated alkanes) is 14. The topological polar surface area (TPSA) is 34.1 Å². The smallest absolute Gasteiger partial charge is 0.178 e. The van der Waals surface area contributed by atoms with Gasteiger partial charge >= 0.3 is 0 Å². The first-order chi connectivity index (χ1) is 13.3. The van der Waals surface area contributed by atoms with Crippen molar-refractivity contribution in [3.8, 4) is 0 Å². The summed E-state index contributed by atoms with van der Waals surface area (Å²) in [5.74, 6) is -0.106. The number of carbonyl (C=O) groups excluding carboxylic acids is 2. The van der Waals surface area contributed by atoms with Crippen molar-refractivity contribution in [1.82, 2.24) is 0 Å². The van der Waals surface area contributed by atoms with E-state index in [0.29, 0.717) is 6.29 Å². The molecule has 0 saturated carbocycles. The predicted molar refractivity (Wildman–Crippen MR) is 118 cm³/mol. The summed E-state index contributed by atoms with van der Waals surface area (Å²) in [5, 5.41) is 0. The highest BCUT2D eigenvalue weighted by atomic mass is 16.1. The van der Waals surface area contributed by atoms with Crippen LogP contribution in [0.2, 0.25) is 0 Å². The van der Waals surface area contributed by atoms with Gasteiger partial charge < -0.3 is 0 Å². The standard InChI is InChI=1S/C25H42O2/c1-2-3-4-5-6-7-8-9-10-11-12-13-14-15-16-17-18-19-20-22-25(27)23-21-24-26/h5-6,20-24H,2-4,7-19H2,1H3. The van der Waals surface area contributed by atoms with Crippen molar-refractivity contribution in [3.63, 3.8) is 0 Å². The molecule has 0 heterocycles. The van der Waals surface area contributed by atoms with Crippen LogP contribution in [0.3, 0.4) is 0 Å². The van der Waals surface area contributed by atoms with Crippen molar-refractivity contribution >= 4 is 12.1 Å². The Balaban J connectivity index is 3.20. The van der Waals surface area contributed by atoms with Crippen LogP contribution < -0.4 is 0 Å². The van der Waals surface area contributed by atoms with E-state index in [1.807, 2.05) is 6.08 Å². The van der Waals surface area contributed by atoms with Gasteiger partial charge in [-0.15, -0.1) is 0 Å². The monoisotopic (exact) mass is 374 g/mol. The zero-order valence-electron chi connectivity index (χ0n) is 17.7. The molecule has 0 fully saturated rings. The molecule has 2 nitrogen and oxygen atoms in total. The lowest BCUT2D eigenvalue weighted by molar-refractivity contribution is -0.111. The predicted octanol–water partition coefficient (Wildman–Crippen LogP) is 7.68. The zero-order chi connectivity index (χ0) is 19.8. The molecule has 2 heteroatoms. The van der Waals surface area contributed by atoms with Crippen molar-refractivity contribution in [3.05, 3.63) is 36.5 Å². The maximum Gasteiger partial charge on any atom is 0.178 e. The molecule has 0 radical (unpaired) electrons. The maximum atomic E-state index is 11.2. The summed E-state index contributed by atoms with van der Waals surface area (Å²) in [4.78, 5) is 21.3. The van der Waals surface area contributed by atoms with Gasteiger partial charge in [0.15, 0.2) is 5.78 Å². The molecule has 0 rings (SSSR count). The minimum absolute atomic E-state index is 0.106. The second kappa shape index (κ2) is 22.6. The van der Waals surface area contributed by atoms with Crippen LogP contribution in [0.5, 0.6) is 0 Å². The first-order valence-electron chi connectivity index (χ1n) is 11.3. The maximum absolute atomic E-state index is 11.2. The molecule has 0 aliphatic rings. The van der Waals surface area contributed by atoms with Gasteiger partial charge in [0.2, 0.25) is 0 Å². The molecule has 154 valence electrons. The second-order valence-electron chi connectivity index (χ2n) is 7.38. The van der Waals surface area contributed by atoms with Crippen molar-refractivity contribution in [2.75, 3.05) is 0 Å². The molecule has 0 bridgehead atoms. The molecule has 0 spiro atoms. The summed E-state index contributed by atoms with van der Waals surface area (Å²) < 4.78 is 0. The fraction of sp³-hybridized carbons (Fsp3) is 0.680. The Morgan fingerprint density at radius 1 is 0.593 bits per heavy atom. The average Bonchev–Trinajstić information content (AvgIpc) is 2.68. The Kier molecular flexibility index (Phi) is 21.4. The molecule has 0 aromatic carbocycles. The number of aldehydes is 1. The van der Waals surface area contributed by atoms with Gasteiger partial charge in [-0.25, -0.2) is 0 Å². The number of carbonyl (C=O) groups is 2. The Bertz CT molecular complexity index is 418. The molecule has 0 aromatic rings. The van der Waals surface area contributed by atoms with Gasteiger partial charge in [-0.1, -0.05) is 95.8 Å². The third-order valence-corrected chi connectivity index (χ3v) is 4.75. The number of ketones is 1. The van der Waals surface area contributed by atoms with E-state index in [2.05, 4.69) is 19.1 Å². The molecule has 0 aliphatic heterocycles. The van der Waals surface area contributed by atoms with E-state index in [1.165, 1.54) is 102 Å². The first-order valence-corrected chi connectivity index (χ1v) is 11.3. The number of allylic oxidation sites excluding steroid dienone is 6. The second-order valence-corrected chi connectivity index (χ2v) is 7.38. The van der Waals surface area contributed by atoms with Crippen LogP contribution in [0.25, 0.3) is 0 Å². The lowest BCUT2D eigenvalue weighted by atomic mass is 10.0. The largest absolute Gasteiger partial charge is 0.299 e. The molecular weight excluding hydrogens is 332 g/mol. The molecule has 0 atom stereocenters. The first kappa shape index (κ1) is 25.6. The third kappa shape index (κ3) is 22.5. The van der Waals surface area contributed by atoms with E-state index in [9.17, 15) is 9.59 Å². The summed E-state index contributed by atoms with van der Waals surface area (Å²) in [6, 6.07) is 0. The number of hydrogen-bond donors (Lipinski definition) is 0. The summed E-state index contributed by atoms with van der Waals surface area (Å²) in [6.45, 7) is 2.25. The Labute approximate surface area is 168 Å². The summed E-state index contributed by atoms with van der Waals surface area (Å²) in [7, 11) is 0. The Morgan fingerprint density at radius 2 is 1.04 bits per heavy atom. The molecule has 0 aliphatic carbocycles. The van der Waals surface area contributed by atoms with Gasteiger partial charge in [0.05, 0.1) is 0 Å². The van der Waals surface area contributed by atoms with Crippen LogP contribution >= 0.6 is 0 Å². The molecular formula is C25H42O2. The zero-order valence-corrected chi connectivity index (χ0v) is 17.7. The van der Waals surface area contributed by atoms with Crippen molar-refractivity contribution < 1.29 is 9.59 Å². The van der Waals surface area contributed by atoms with E-state index in [4.69, 9.17) is 0 Å². The summed E-state index contributed by atoms with van der Waals surface area (Å²) in [6.07, 6.45) is 32.2. The van der Waals surface area contributed by atoms with Crippen LogP contribution in [0.1, 0.15) is 110 Å².